The number of nitrogens with zero attached hydrogens (tertiary/aromatic N) is 2. The van der Waals surface area contributed by atoms with Crippen molar-refractivity contribution < 1.29 is 19.0 Å². The van der Waals surface area contributed by atoms with Gasteiger partial charge in [-0.3, -0.25) is 9.69 Å². The molecule has 8 heteroatoms. The predicted octanol–water partition coefficient (Wildman–Crippen LogP) is 3.58. The van der Waals surface area contributed by atoms with Crippen LogP contribution in [-0.2, 0) is 17.8 Å². The number of carbonyl (C=O) groups excluding carboxylic acids is 1. The maximum atomic E-state index is 12.5. The van der Waals surface area contributed by atoms with Crippen LogP contribution in [-0.4, -0.2) is 50.2 Å². The fourth-order valence-electron chi connectivity index (χ4n) is 3.68. The topological polar surface area (TPSA) is 72.9 Å². The molecular formula is C21H29N3O4S. The number of anilines is 1. The Kier molecular flexibility index (Phi) is 7.33. The van der Waals surface area contributed by atoms with Crippen LogP contribution in [0.15, 0.2) is 17.5 Å². The highest BCUT2D eigenvalue weighted by molar-refractivity contribution is 7.13. The number of aromatic nitrogens is 1. The molecule has 0 spiro atoms. The molecule has 0 bridgehead atoms. The molecule has 1 aliphatic heterocycles. The molecule has 1 saturated heterocycles. The zero-order valence-corrected chi connectivity index (χ0v) is 18.3. The molecule has 1 amide bonds. The van der Waals surface area contributed by atoms with Crippen molar-refractivity contribution in [3.8, 4) is 17.2 Å². The first-order valence-electron chi connectivity index (χ1n) is 9.77. The standard InChI is InChI=1S/C21H29N3O4S/c1-14-6-5-7-24(11-14)12-16-13-29-21(22-16)23-19(25)10-15-8-17(26-2)20(28-4)18(9-15)27-3/h8-9,13-14H,5-7,10-12H2,1-4H3,(H,22,23,25). The number of methoxy groups -OCH3 is 3. The molecule has 29 heavy (non-hydrogen) atoms. The van der Waals surface area contributed by atoms with E-state index in [4.69, 9.17) is 14.2 Å². The highest BCUT2D eigenvalue weighted by atomic mass is 32.1. The van der Waals surface area contributed by atoms with Crippen molar-refractivity contribution >= 4 is 22.4 Å². The van der Waals surface area contributed by atoms with Crippen LogP contribution in [0.25, 0.3) is 0 Å². The molecule has 7 nitrogen and oxygen atoms in total. The van der Waals surface area contributed by atoms with Crippen molar-refractivity contribution in [2.75, 3.05) is 39.7 Å². The smallest absolute Gasteiger partial charge is 0.230 e. The summed E-state index contributed by atoms with van der Waals surface area (Å²) in [6.07, 6.45) is 2.73. The number of hydrogen-bond donors (Lipinski definition) is 1. The minimum absolute atomic E-state index is 0.133. The van der Waals surface area contributed by atoms with Crippen LogP contribution in [0.2, 0.25) is 0 Å². The zero-order chi connectivity index (χ0) is 20.8. The highest BCUT2D eigenvalue weighted by Gasteiger charge is 2.18. The van der Waals surface area contributed by atoms with Crippen LogP contribution in [0.5, 0.6) is 17.2 Å². The van der Waals surface area contributed by atoms with Gasteiger partial charge in [0.25, 0.3) is 0 Å². The molecule has 0 saturated carbocycles. The number of nitrogens with one attached hydrogen (secondary N) is 1. The van der Waals surface area contributed by atoms with Crippen LogP contribution in [0.1, 0.15) is 31.0 Å². The Hall–Kier alpha value is -2.32. The summed E-state index contributed by atoms with van der Waals surface area (Å²) in [7, 11) is 4.67. The summed E-state index contributed by atoms with van der Waals surface area (Å²) >= 11 is 1.46. The van der Waals surface area contributed by atoms with Gasteiger partial charge in [-0.2, -0.15) is 0 Å². The Balaban J connectivity index is 1.60. The lowest BCUT2D eigenvalue weighted by Gasteiger charge is -2.30. The van der Waals surface area contributed by atoms with E-state index in [1.54, 1.807) is 33.5 Å². The lowest BCUT2D eigenvalue weighted by Crippen LogP contribution is -2.33. The van der Waals surface area contributed by atoms with E-state index in [0.29, 0.717) is 22.4 Å². The normalized spacial score (nSPS) is 17.0. The van der Waals surface area contributed by atoms with Gasteiger partial charge in [0.1, 0.15) is 0 Å². The number of rotatable bonds is 8. The van der Waals surface area contributed by atoms with Crippen molar-refractivity contribution in [1.29, 1.82) is 0 Å². The van der Waals surface area contributed by atoms with Gasteiger partial charge in [-0.1, -0.05) is 6.92 Å². The first kappa shape index (κ1) is 21.4. The molecular weight excluding hydrogens is 390 g/mol. The van der Waals surface area contributed by atoms with Crippen molar-refractivity contribution in [3.63, 3.8) is 0 Å². The second kappa shape index (κ2) is 9.93. The fraction of sp³-hybridized carbons (Fsp3) is 0.524. The van der Waals surface area contributed by atoms with Gasteiger partial charge in [-0.25, -0.2) is 4.98 Å². The van der Waals surface area contributed by atoms with E-state index in [0.717, 1.165) is 36.8 Å². The molecule has 1 N–H and O–H groups in total. The molecule has 1 aliphatic rings. The van der Waals surface area contributed by atoms with Gasteiger partial charge in [-0.15, -0.1) is 11.3 Å². The zero-order valence-electron chi connectivity index (χ0n) is 17.5. The molecule has 2 heterocycles. The third-order valence-corrected chi connectivity index (χ3v) is 5.82. The first-order valence-corrected chi connectivity index (χ1v) is 10.7. The molecule has 158 valence electrons. The predicted molar refractivity (Wildman–Crippen MR) is 114 cm³/mol. The van der Waals surface area contributed by atoms with Crippen molar-refractivity contribution in [2.45, 2.75) is 32.7 Å². The Morgan fingerprint density at radius 1 is 1.24 bits per heavy atom. The van der Waals surface area contributed by atoms with Crippen LogP contribution in [0.4, 0.5) is 5.13 Å². The quantitative estimate of drug-likeness (QED) is 0.705. The SMILES string of the molecule is COc1cc(CC(=O)Nc2nc(CN3CCCC(C)C3)cs2)cc(OC)c1OC. The average molecular weight is 420 g/mol. The van der Waals surface area contributed by atoms with Gasteiger partial charge in [-0.05, 0) is 43.0 Å². The van der Waals surface area contributed by atoms with Crippen LogP contribution >= 0.6 is 11.3 Å². The number of ether oxygens (including phenoxy) is 3. The second-order valence-electron chi connectivity index (χ2n) is 7.39. The van der Waals surface area contributed by atoms with Crippen LogP contribution in [0, 0.1) is 5.92 Å². The Morgan fingerprint density at radius 2 is 1.97 bits per heavy atom. The number of amides is 1. The van der Waals surface area contributed by atoms with E-state index < -0.39 is 0 Å². The lowest BCUT2D eigenvalue weighted by molar-refractivity contribution is -0.115. The maximum absolute atomic E-state index is 12.5. The van der Waals surface area contributed by atoms with Crippen LogP contribution < -0.4 is 19.5 Å². The van der Waals surface area contributed by atoms with Crippen LogP contribution in [0.3, 0.4) is 0 Å². The summed E-state index contributed by atoms with van der Waals surface area (Å²) in [6.45, 7) is 5.36. The molecule has 1 aromatic heterocycles. The Morgan fingerprint density at radius 3 is 2.59 bits per heavy atom. The number of carbonyl (C=O) groups is 1. The van der Waals surface area contributed by atoms with Gasteiger partial charge in [0, 0.05) is 18.5 Å². The number of piperidine rings is 1. The number of likely N-dealkylation sites (tertiary alicyclic amines) is 1. The molecule has 2 aromatic rings. The molecule has 0 radical (unpaired) electrons. The number of hydrogen-bond acceptors (Lipinski definition) is 7. The highest BCUT2D eigenvalue weighted by Crippen LogP contribution is 2.38. The minimum Gasteiger partial charge on any atom is -0.493 e. The van der Waals surface area contributed by atoms with Gasteiger partial charge in [0.15, 0.2) is 16.6 Å². The summed E-state index contributed by atoms with van der Waals surface area (Å²) in [6, 6.07) is 3.57. The van der Waals surface area contributed by atoms with Crippen molar-refractivity contribution in [3.05, 3.63) is 28.8 Å². The molecule has 0 aliphatic carbocycles. The summed E-state index contributed by atoms with van der Waals surface area (Å²) < 4.78 is 16.0. The van der Waals surface area contributed by atoms with E-state index in [2.05, 4.69) is 22.1 Å². The summed E-state index contributed by atoms with van der Waals surface area (Å²) in [4.78, 5) is 19.5. The van der Waals surface area contributed by atoms with E-state index >= 15 is 0 Å². The third-order valence-electron chi connectivity index (χ3n) is 5.01. The second-order valence-corrected chi connectivity index (χ2v) is 8.24. The Bertz CT molecular complexity index is 814. The van der Waals surface area contributed by atoms with E-state index in [-0.39, 0.29) is 12.3 Å². The van der Waals surface area contributed by atoms with Crippen molar-refractivity contribution in [1.82, 2.24) is 9.88 Å². The van der Waals surface area contributed by atoms with Gasteiger partial charge in [0.05, 0.1) is 33.4 Å². The van der Waals surface area contributed by atoms with E-state index in [1.165, 1.54) is 24.2 Å². The lowest BCUT2D eigenvalue weighted by atomic mass is 10.0. The molecule has 1 atom stereocenters. The molecule has 1 fully saturated rings. The largest absolute Gasteiger partial charge is 0.493 e. The van der Waals surface area contributed by atoms with E-state index in [1.807, 2.05) is 5.38 Å². The monoisotopic (exact) mass is 419 g/mol. The summed E-state index contributed by atoms with van der Waals surface area (Å²) in [5.74, 6) is 2.17. The number of benzene rings is 1. The maximum Gasteiger partial charge on any atom is 0.230 e. The van der Waals surface area contributed by atoms with Crippen molar-refractivity contribution in [2.24, 2.45) is 5.92 Å². The number of thiazole rings is 1. The summed E-state index contributed by atoms with van der Waals surface area (Å²) in [5, 5.41) is 5.55. The average Bonchev–Trinajstić information content (AvgIpc) is 3.13. The minimum atomic E-state index is -0.133. The fourth-order valence-corrected chi connectivity index (χ4v) is 4.40. The third kappa shape index (κ3) is 5.61. The van der Waals surface area contributed by atoms with Gasteiger partial charge in [0.2, 0.25) is 11.7 Å². The molecule has 1 aromatic carbocycles. The summed E-state index contributed by atoms with van der Waals surface area (Å²) in [5.41, 5.74) is 1.78. The van der Waals surface area contributed by atoms with E-state index in [9.17, 15) is 4.79 Å². The molecule has 3 rings (SSSR count). The van der Waals surface area contributed by atoms with Gasteiger partial charge < -0.3 is 19.5 Å². The Labute approximate surface area is 176 Å². The molecule has 1 unspecified atom stereocenters. The van der Waals surface area contributed by atoms with Gasteiger partial charge >= 0.3 is 0 Å². The first-order chi connectivity index (χ1) is 14.0.